The van der Waals surface area contributed by atoms with Crippen molar-refractivity contribution in [1.29, 1.82) is 0 Å². The molecule has 0 fully saturated rings. The van der Waals surface area contributed by atoms with Gasteiger partial charge in [0.1, 0.15) is 18.1 Å². The molecule has 0 radical (unpaired) electrons. The van der Waals surface area contributed by atoms with E-state index in [2.05, 4.69) is 24.8 Å². The minimum atomic E-state index is -0.548. The molecule has 0 amide bonds. The van der Waals surface area contributed by atoms with Gasteiger partial charge < -0.3 is 19.0 Å². The highest BCUT2D eigenvalue weighted by Crippen LogP contribution is 2.16. The molecule has 0 unspecified atom stereocenters. The molecule has 0 aliphatic rings. The van der Waals surface area contributed by atoms with Gasteiger partial charge in [0.15, 0.2) is 0 Å². The summed E-state index contributed by atoms with van der Waals surface area (Å²) in [6, 6.07) is 12.0. The number of furan rings is 1. The monoisotopic (exact) mass is 333 g/mol. The van der Waals surface area contributed by atoms with Crippen molar-refractivity contribution >= 4 is 0 Å². The fourth-order valence-electron chi connectivity index (χ4n) is 2.48. The normalized spacial score (nSPS) is 12.8. The van der Waals surface area contributed by atoms with Crippen LogP contribution in [0.2, 0.25) is 0 Å². The summed E-state index contributed by atoms with van der Waals surface area (Å²) in [5.74, 6) is 1.61. The van der Waals surface area contributed by atoms with E-state index in [1.807, 2.05) is 30.3 Å². The molecule has 5 heteroatoms. The molecule has 5 nitrogen and oxygen atoms in total. The van der Waals surface area contributed by atoms with Crippen LogP contribution in [0.3, 0.4) is 0 Å². The molecular weight excluding hydrogens is 306 g/mol. The Kier molecular flexibility index (Phi) is 7.31. The Morgan fingerprint density at radius 2 is 2.04 bits per heavy atom. The van der Waals surface area contributed by atoms with E-state index in [-0.39, 0.29) is 6.61 Å². The van der Waals surface area contributed by atoms with Gasteiger partial charge >= 0.3 is 0 Å². The maximum atomic E-state index is 10.3. The number of aliphatic hydroxyl groups excluding tert-OH is 1. The predicted octanol–water partition coefficient (Wildman–Crippen LogP) is 3.08. The van der Waals surface area contributed by atoms with Gasteiger partial charge in [0, 0.05) is 19.1 Å². The summed E-state index contributed by atoms with van der Waals surface area (Å²) in [5, 5.41) is 10.3. The highest BCUT2D eigenvalue weighted by molar-refractivity contribution is 5.28. The first-order chi connectivity index (χ1) is 11.6. The minimum Gasteiger partial charge on any atom is -0.497 e. The summed E-state index contributed by atoms with van der Waals surface area (Å²) in [5.41, 5.74) is 1.16. The molecule has 1 aromatic heterocycles. The Morgan fingerprint density at radius 1 is 1.21 bits per heavy atom. The Balaban J connectivity index is 1.83. The van der Waals surface area contributed by atoms with Crippen LogP contribution in [0.4, 0.5) is 0 Å². The lowest BCUT2D eigenvalue weighted by atomic mass is 10.1. The SMILES string of the molecule is COc1cccc(CN(C[C@H](O)COCc2ccco2)C(C)C)c1. The Bertz CT molecular complexity index is 583. The molecule has 24 heavy (non-hydrogen) atoms. The van der Waals surface area contributed by atoms with Crippen LogP contribution in [0.15, 0.2) is 47.1 Å². The van der Waals surface area contributed by atoms with Crippen LogP contribution in [0.1, 0.15) is 25.2 Å². The first kappa shape index (κ1) is 18.5. The molecule has 2 rings (SSSR count). The minimum absolute atomic E-state index is 0.280. The van der Waals surface area contributed by atoms with Crippen molar-refractivity contribution < 1.29 is 19.0 Å². The molecule has 0 spiro atoms. The number of benzene rings is 1. The molecule has 0 saturated carbocycles. The fourth-order valence-corrected chi connectivity index (χ4v) is 2.48. The van der Waals surface area contributed by atoms with E-state index in [0.29, 0.717) is 19.2 Å². The number of methoxy groups -OCH3 is 1. The first-order valence-corrected chi connectivity index (χ1v) is 8.23. The number of ether oxygens (including phenoxy) is 2. The van der Waals surface area contributed by atoms with Crippen LogP contribution in [0, 0.1) is 0 Å². The third-order valence-corrected chi connectivity index (χ3v) is 3.83. The lowest BCUT2D eigenvalue weighted by Crippen LogP contribution is -2.38. The topological polar surface area (TPSA) is 55.1 Å². The van der Waals surface area contributed by atoms with Gasteiger partial charge in [0.05, 0.1) is 26.1 Å². The van der Waals surface area contributed by atoms with Crippen molar-refractivity contribution in [1.82, 2.24) is 4.90 Å². The summed E-state index contributed by atoms with van der Waals surface area (Å²) in [6.45, 7) is 6.20. The van der Waals surface area contributed by atoms with E-state index in [4.69, 9.17) is 13.9 Å². The van der Waals surface area contributed by atoms with Crippen LogP contribution >= 0.6 is 0 Å². The highest BCUT2D eigenvalue weighted by atomic mass is 16.5. The van der Waals surface area contributed by atoms with E-state index in [1.54, 1.807) is 13.4 Å². The van der Waals surface area contributed by atoms with Crippen molar-refractivity contribution in [2.24, 2.45) is 0 Å². The molecule has 0 aliphatic carbocycles. The molecule has 1 N–H and O–H groups in total. The lowest BCUT2D eigenvalue weighted by Gasteiger charge is -2.28. The van der Waals surface area contributed by atoms with Crippen LogP contribution in [-0.2, 0) is 17.9 Å². The molecule has 1 aromatic carbocycles. The van der Waals surface area contributed by atoms with Crippen molar-refractivity contribution in [3.05, 3.63) is 54.0 Å². The van der Waals surface area contributed by atoms with Crippen molar-refractivity contribution in [2.75, 3.05) is 20.3 Å². The van der Waals surface area contributed by atoms with Gasteiger partial charge in [-0.2, -0.15) is 0 Å². The van der Waals surface area contributed by atoms with Crippen molar-refractivity contribution in [3.8, 4) is 5.75 Å². The number of hydrogen-bond acceptors (Lipinski definition) is 5. The summed E-state index contributed by atoms with van der Waals surface area (Å²) in [7, 11) is 1.67. The number of rotatable bonds is 10. The zero-order valence-electron chi connectivity index (χ0n) is 14.6. The van der Waals surface area contributed by atoms with Crippen molar-refractivity contribution in [2.45, 2.75) is 39.1 Å². The molecule has 1 heterocycles. The second kappa shape index (κ2) is 9.47. The summed E-state index contributed by atoms with van der Waals surface area (Å²) >= 11 is 0. The molecule has 1 atom stereocenters. The quantitative estimate of drug-likeness (QED) is 0.724. The Morgan fingerprint density at radius 3 is 2.71 bits per heavy atom. The lowest BCUT2D eigenvalue weighted by molar-refractivity contribution is -0.00116. The summed E-state index contributed by atoms with van der Waals surface area (Å²) in [6.07, 6.45) is 1.07. The second-order valence-electron chi connectivity index (χ2n) is 6.12. The predicted molar refractivity (Wildman–Crippen MR) is 92.9 cm³/mol. The molecular formula is C19H27NO4. The maximum absolute atomic E-state index is 10.3. The summed E-state index contributed by atoms with van der Waals surface area (Å²) < 4.78 is 16.0. The highest BCUT2D eigenvalue weighted by Gasteiger charge is 2.16. The standard InChI is InChI=1S/C19H27NO4/c1-15(2)20(11-16-6-4-7-18(10-16)22-3)12-17(21)13-23-14-19-8-5-9-24-19/h4-10,15,17,21H,11-14H2,1-3H3/t17-/m0/s1. The fraction of sp³-hybridized carbons (Fsp3) is 0.474. The van der Waals surface area contributed by atoms with E-state index < -0.39 is 6.10 Å². The van der Waals surface area contributed by atoms with Gasteiger partial charge in [-0.05, 0) is 43.7 Å². The molecule has 0 bridgehead atoms. The number of nitrogens with zero attached hydrogens (tertiary/aromatic N) is 1. The zero-order valence-corrected chi connectivity index (χ0v) is 14.6. The van der Waals surface area contributed by atoms with Gasteiger partial charge in [-0.25, -0.2) is 0 Å². The van der Waals surface area contributed by atoms with Gasteiger partial charge in [-0.15, -0.1) is 0 Å². The van der Waals surface area contributed by atoms with Crippen LogP contribution < -0.4 is 4.74 Å². The Hall–Kier alpha value is -1.82. The van der Waals surface area contributed by atoms with Gasteiger partial charge in [0.25, 0.3) is 0 Å². The van der Waals surface area contributed by atoms with Crippen LogP contribution in [0.5, 0.6) is 5.75 Å². The van der Waals surface area contributed by atoms with E-state index in [0.717, 1.165) is 23.6 Å². The second-order valence-corrected chi connectivity index (χ2v) is 6.12. The number of aliphatic hydroxyl groups is 1. The van der Waals surface area contributed by atoms with E-state index >= 15 is 0 Å². The number of hydrogen-bond donors (Lipinski definition) is 1. The van der Waals surface area contributed by atoms with Crippen molar-refractivity contribution in [3.63, 3.8) is 0 Å². The van der Waals surface area contributed by atoms with E-state index in [1.165, 1.54) is 0 Å². The first-order valence-electron chi connectivity index (χ1n) is 8.23. The maximum Gasteiger partial charge on any atom is 0.129 e. The van der Waals surface area contributed by atoms with Gasteiger partial charge in [-0.3, -0.25) is 4.90 Å². The molecule has 0 aliphatic heterocycles. The average Bonchev–Trinajstić information content (AvgIpc) is 3.07. The van der Waals surface area contributed by atoms with Gasteiger partial charge in [-0.1, -0.05) is 12.1 Å². The van der Waals surface area contributed by atoms with Gasteiger partial charge in [0.2, 0.25) is 0 Å². The summed E-state index contributed by atoms with van der Waals surface area (Å²) in [4.78, 5) is 2.22. The molecule has 0 saturated heterocycles. The average molecular weight is 333 g/mol. The third kappa shape index (κ3) is 6.00. The largest absolute Gasteiger partial charge is 0.497 e. The molecule has 2 aromatic rings. The van der Waals surface area contributed by atoms with E-state index in [9.17, 15) is 5.11 Å². The van der Waals surface area contributed by atoms with Crippen LogP contribution in [-0.4, -0.2) is 42.4 Å². The smallest absolute Gasteiger partial charge is 0.129 e. The Labute approximate surface area is 143 Å². The third-order valence-electron chi connectivity index (χ3n) is 3.83. The zero-order chi connectivity index (χ0) is 17.4. The molecule has 132 valence electrons. The van der Waals surface area contributed by atoms with Crippen LogP contribution in [0.25, 0.3) is 0 Å².